The van der Waals surface area contributed by atoms with E-state index in [0.29, 0.717) is 6.61 Å². The van der Waals surface area contributed by atoms with Crippen molar-refractivity contribution in [2.45, 2.75) is 85.7 Å². The van der Waals surface area contributed by atoms with Gasteiger partial charge in [0.15, 0.2) is 0 Å². The highest BCUT2D eigenvalue weighted by Crippen LogP contribution is 2.25. The number of aliphatic hydroxyl groups is 1. The van der Waals surface area contributed by atoms with Gasteiger partial charge in [-0.2, -0.15) is 0 Å². The molecular weight excluding hydrogens is 248 g/mol. The van der Waals surface area contributed by atoms with Gasteiger partial charge in [0.1, 0.15) is 0 Å². The quantitative estimate of drug-likeness (QED) is 0.544. The molecule has 0 aromatic carbocycles. The lowest BCUT2D eigenvalue weighted by Gasteiger charge is -2.26. The molecule has 122 valence electrons. The highest BCUT2D eigenvalue weighted by atomic mass is 16.5. The van der Waals surface area contributed by atoms with Crippen LogP contribution in [0.5, 0.6) is 0 Å². The third kappa shape index (κ3) is 11.7. The van der Waals surface area contributed by atoms with Gasteiger partial charge in [-0.1, -0.05) is 53.4 Å². The minimum atomic E-state index is -0.0970. The number of hydrogen-bond donors (Lipinski definition) is 1. The van der Waals surface area contributed by atoms with Crippen LogP contribution in [0.25, 0.3) is 0 Å². The molecule has 0 aliphatic carbocycles. The minimum Gasteiger partial charge on any atom is -0.394 e. The minimum absolute atomic E-state index is 0.0970. The third-order valence-electron chi connectivity index (χ3n) is 4.21. The Morgan fingerprint density at radius 3 is 1.85 bits per heavy atom. The number of aliphatic hydroxyl groups excluding tert-OH is 1. The molecule has 0 spiro atoms. The van der Waals surface area contributed by atoms with E-state index in [4.69, 9.17) is 9.84 Å². The van der Waals surface area contributed by atoms with Crippen LogP contribution in [0.2, 0.25) is 0 Å². The molecule has 0 saturated carbocycles. The Kier molecular flexibility index (Phi) is 10.6. The Morgan fingerprint density at radius 2 is 1.35 bits per heavy atom. The van der Waals surface area contributed by atoms with Crippen LogP contribution in [0.4, 0.5) is 0 Å². The summed E-state index contributed by atoms with van der Waals surface area (Å²) in [6.07, 6.45) is 7.71. The molecule has 0 saturated heterocycles. The zero-order chi connectivity index (χ0) is 15.6. The van der Waals surface area contributed by atoms with E-state index < -0.39 is 0 Å². The monoisotopic (exact) mass is 286 g/mol. The lowest BCUT2D eigenvalue weighted by atomic mass is 9.88. The highest BCUT2D eigenvalue weighted by Gasteiger charge is 2.19. The Bertz CT molecular complexity index is 223. The summed E-state index contributed by atoms with van der Waals surface area (Å²) in [7, 11) is 0. The van der Waals surface area contributed by atoms with Crippen molar-refractivity contribution in [3.05, 3.63) is 0 Å². The van der Waals surface area contributed by atoms with Gasteiger partial charge in [0.2, 0.25) is 0 Å². The van der Waals surface area contributed by atoms with Crippen molar-refractivity contribution < 1.29 is 9.84 Å². The second-order valence-corrected chi connectivity index (χ2v) is 7.63. The van der Waals surface area contributed by atoms with Crippen LogP contribution in [0.3, 0.4) is 0 Å². The second kappa shape index (κ2) is 10.6. The van der Waals surface area contributed by atoms with Crippen molar-refractivity contribution in [1.82, 2.24) is 0 Å². The fourth-order valence-corrected chi connectivity index (χ4v) is 2.46. The molecule has 2 nitrogen and oxygen atoms in total. The van der Waals surface area contributed by atoms with Crippen molar-refractivity contribution in [2.75, 3.05) is 13.2 Å². The molecule has 1 N–H and O–H groups in total. The summed E-state index contributed by atoms with van der Waals surface area (Å²) in [6, 6.07) is 0. The maximum Gasteiger partial charge on any atom is 0.0704 e. The van der Waals surface area contributed by atoms with E-state index in [9.17, 15) is 0 Å². The fraction of sp³-hybridized carbons (Fsp3) is 1.00. The molecule has 2 atom stereocenters. The lowest BCUT2D eigenvalue weighted by molar-refractivity contribution is -0.0412. The van der Waals surface area contributed by atoms with Gasteiger partial charge < -0.3 is 9.84 Å². The molecule has 0 amide bonds. The van der Waals surface area contributed by atoms with Crippen molar-refractivity contribution in [3.63, 3.8) is 0 Å². The maximum absolute atomic E-state index is 8.82. The first-order valence-electron chi connectivity index (χ1n) is 8.51. The predicted molar refractivity (Wildman–Crippen MR) is 88.0 cm³/mol. The van der Waals surface area contributed by atoms with E-state index in [1.165, 1.54) is 32.1 Å². The Morgan fingerprint density at radius 1 is 0.850 bits per heavy atom. The standard InChI is InChI=1S/C18H38O2/c1-15(2)7-8-16(3)9-10-17(4)11-12-18(5,6)20-14-13-19/h15-17,19H,7-14H2,1-6H3. The first kappa shape index (κ1) is 19.9. The van der Waals surface area contributed by atoms with E-state index in [0.717, 1.165) is 24.2 Å². The van der Waals surface area contributed by atoms with Gasteiger partial charge in [-0.25, -0.2) is 0 Å². The third-order valence-corrected chi connectivity index (χ3v) is 4.21. The van der Waals surface area contributed by atoms with E-state index in [2.05, 4.69) is 41.5 Å². The molecule has 2 unspecified atom stereocenters. The van der Waals surface area contributed by atoms with Gasteiger partial charge >= 0.3 is 0 Å². The molecule has 0 aromatic rings. The lowest BCUT2D eigenvalue weighted by Crippen LogP contribution is -2.26. The van der Waals surface area contributed by atoms with E-state index in [1.807, 2.05) is 0 Å². The SMILES string of the molecule is CC(C)CCC(C)CCC(C)CCC(C)(C)OCCO. The van der Waals surface area contributed by atoms with Gasteiger partial charge in [-0.15, -0.1) is 0 Å². The van der Waals surface area contributed by atoms with Crippen molar-refractivity contribution >= 4 is 0 Å². The molecule has 0 fully saturated rings. The van der Waals surface area contributed by atoms with Crippen LogP contribution < -0.4 is 0 Å². The Balaban J connectivity index is 3.74. The topological polar surface area (TPSA) is 29.5 Å². The Hall–Kier alpha value is -0.0800. The molecule has 20 heavy (non-hydrogen) atoms. The summed E-state index contributed by atoms with van der Waals surface area (Å²) in [6.45, 7) is 14.2. The summed E-state index contributed by atoms with van der Waals surface area (Å²) in [5.74, 6) is 2.46. The van der Waals surface area contributed by atoms with Crippen LogP contribution in [0.15, 0.2) is 0 Å². The number of hydrogen-bond acceptors (Lipinski definition) is 2. The molecular formula is C18H38O2. The summed E-state index contributed by atoms with van der Waals surface area (Å²) >= 11 is 0. The summed E-state index contributed by atoms with van der Waals surface area (Å²) in [5, 5.41) is 8.82. The first-order chi connectivity index (χ1) is 9.26. The molecule has 0 rings (SSSR count). The summed E-state index contributed by atoms with van der Waals surface area (Å²) < 4.78 is 5.67. The Labute approximate surface area is 127 Å². The zero-order valence-electron chi connectivity index (χ0n) is 14.7. The van der Waals surface area contributed by atoms with Gasteiger partial charge in [-0.3, -0.25) is 0 Å². The molecule has 2 heteroatoms. The van der Waals surface area contributed by atoms with Crippen LogP contribution >= 0.6 is 0 Å². The fourth-order valence-electron chi connectivity index (χ4n) is 2.46. The van der Waals surface area contributed by atoms with Crippen LogP contribution in [-0.4, -0.2) is 23.9 Å². The van der Waals surface area contributed by atoms with Gasteiger partial charge in [0.05, 0.1) is 18.8 Å². The largest absolute Gasteiger partial charge is 0.394 e. The molecule has 0 aromatic heterocycles. The summed E-state index contributed by atoms with van der Waals surface area (Å²) in [5.41, 5.74) is -0.0970. The maximum atomic E-state index is 8.82. The van der Waals surface area contributed by atoms with Crippen molar-refractivity contribution in [3.8, 4) is 0 Å². The first-order valence-corrected chi connectivity index (χ1v) is 8.51. The van der Waals surface area contributed by atoms with Crippen molar-refractivity contribution in [2.24, 2.45) is 17.8 Å². The highest BCUT2D eigenvalue weighted by molar-refractivity contribution is 4.71. The van der Waals surface area contributed by atoms with Crippen LogP contribution in [-0.2, 0) is 4.74 Å². The average molecular weight is 286 g/mol. The van der Waals surface area contributed by atoms with E-state index >= 15 is 0 Å². The van der Waals surface area contributed by atoms with E-state index in [1.54, 1.807) is 0 Å². The van der Waals surface area contributed by atoms with Gasteiger partial charge in [0, 0.05) is 0 Å². The summed E-state index contributed by atoms with van der Waals surface area (Å²) in [4.78, 5) is 0. The molecule has 0 bridgehead atoms. The van der Waals surface area contributed by atoms with Crippen molar-refractivity contribution in [1.29, 1.82) is 0 Å². The van der Waals surface area contributed by atoms with E-state index in [-0.39, 0.29) is 12.2 Å². The average Bonchev–Trinajstić information content (AvgIpc) is 2.38. The molecule has 0 heterocycles. The van der Waals surface area contributed by atoms with Crippen LogP contribution in [0, 0.1) is 17.8 Å². The second-order valence-electron chi connectivity index (χ2n) is 7.63. The smallest absolute Gasteiger partial charge is 0.0704 e. The zero-order valence-corrected chi connectivity index (χ0v) is 14.7. The van der Waals surface area contributed by atoms with Gasteiger partial charge in [0.25, 0.3) is 0 Å². The number of ether oxygens (including phenoxy) is 1. The van der Waals surface area contributed by atoms with Gasteiger partial charge in [-0.05, 0) is 44.4 Å². The number of rotatable bonds is 12. The molecule has 0 aliphatic rings. The normalized spacial score (nSPS) is 15.6. The molecule has 0 radical (unpaired) electrons. The predicted octanol–water partition coefficient (Wildman–Crippen LogP) is 5.04. The van der Waals surface area contributed by atoms with Crippen LogP contribution in [0.1, 0.15) is 80.1 Å². The molecule has 0 aliphatic heterocycles.